The average Bonchev–Trinajstić information content (AvgIpc) is 3.06. The first kappa shape index (κ1) is 25.2. The second kappa shape index (κ2) is 9.29. The van der Waals surface area contributed by atoms with Gasteiger partial charge in [0, 0.05) is 11.8 Å². The van der Waals surface area contributed by atoms with Crippen LogP contribution in [0.15, 0.2) is 11.6 Å². The molecule has 7 heteroatoms. The van der Waals surface area contributed by atoms with E-state index in [1.165, 1.54) is 5.57 Å². The first-order valence-electron chi connectivity index (χ1n) is 13.1. The Hall–Kier alpha value is -1.89. The van der Waals surface area contributed by atoms with Gasteiger partial charge in [0.2, 0.25) is 5.60 Å². The standard InChI is InChI=1S/C27H40O7/c1-5-7-14-33-23(30)27(34-24(31)32-6-2)13-11-20-19-9-8-17-15-18(28)10-12-25(17,3)22(19)21(29)16-26(20,27)4/h15,19-22,29H,5-14,16H2,1-4H3/t19-,20-,21-,22+,25-,26-,27-/m0/s1. The third kappa shape index (κ3) is 3.78. The number of carbonyl (C=O) groups excluding carboxylic acids is 3. The number of allylic oxidation sites excluding steroid dienone is 1. The molecule has 1 N–H and O–H groups in total. The zero-order valence-electron chi connectivity index (χ0n) is 21.1. The summed E-state index contributed by atoms with van der Waals surface area (Å²) in [5, 5.41) is 11.6. The fourth-order valence-corrected chi connectivity index (χ4v) is 7.94. The lowest BCUT2D eigenvalue weighted by Gasteiger charge is -2.60. The molecule has 34 heavy (non-hydrogen) atoms. The van der Waals surface area contributed by atoms with E-state index < -0.39 is 29.2 Å². The van der Waals surface area contributed by atoms with Crippen molar-refractivity contribution in [2.75, 3.05) is 13.2 Å². The van der Waals surface area contributed by atoms with Crippen LogP contribution in [0.2, 0.25) is 0 Å². The third-order valence-electron chi connectivity index (χ3n) is 9.60. The summed E-state index contributed by atoms with van der Waals surface area (Å²) in [6.07, 6.45) is 6.30. The maximum Gasteiger partial charge on any atom is 0.509 e. The summed E-state index contributed by atoms with van der Waals surface area (Å²) >= 11 is 0. The number of rotatable bonds is 6. The number of ketones is 1. The normalized spacial score (nSPS) is 41.0. The minimum atomic E-state index is -1.47. The molecule has 0 aromatic rings. The minimum Gasteiger partial charge on any atom is -0.463 e. The predicted molar refractivity (Wildman–Crippen MR) is 125 cm³/mol. The van der Waals surface area contributed by atoms with Crippen LogP contribution in [0.3, 0.4) is 0 Å². The molecule has 0 aromatic carbocycles. The zero-order chi connectivity index (χ0) is 24.7. The molecule has 0 unspecified atom stereocenters. The fourth-order valence-electron chi connectivity index (χ4n) is 7.94. The highest BCUT2D eigenvalue weighted by Crippen LogP contribution is 2.68. The average molecular weight is 477 g/mol. The van der Waals surface area contributed by atoms with Crippen LogP contribution in [-0.2, 0) is 23.8 Å². The molecule has 190 valence electrons. The van der Waals surface area contributed by atoms with Gasteiger partial charge in [-0.25, -0.2) is 9.59 Å². The van der Waals surface area contributed by atoms with Crippen LogP contribution in [-0.4, -0.2) is 47.9 Å². The van der Waals surface area contributed by atoms with E-state index in [1.54, 1.807) is 6.92 Å². The Balaban J connectivity index is 1.69. The van der Waals surface area contributed by atoms with Crippen molar-refractivity contribution in [1.82, 2.24) is 0 Å². The number of esters is 1. The van der Waals surface area contributed by atoms with E-state index in [-0.39, 0.29) is 42.2 Å². The number of ether oxygens (including phenoxy) is 3. The highest BCUT2D eigenvalue weighted by atomic mass is 16.7. The maximum atomic E-state index is 13.6. The first-order valence-corrected chi connectivity index (χ1v) is 13.1. The van der Waals surface area contributed by atoms with Crippen LogP contribution >= 0.6 is 0 Å². The van der Waals surface area contributed by atoms with Crippen molar-refractivity contribution < 1.29 is 33.7 Å². The Morgan fingerprint density at radius 2 is 1.88 bits per heavy atom. The molecule has 3 saturated carbocycles. The second-order valence-electron chi connectivity index (χ2n) is 11.2. The highest BCUT2D eigenvalue weighted by Gasteiger charge is 2.71. The molecule has 0 heterocycles. The molecule has 3 fully saturated rings. The zero-order valence-corrected chi connectivity index (χ0v) is 21.1. The molecule has 0 bridgehead atoms. The van der Waals surface area contributed by atoms with Crippen LogP contribution in [0.1, 0.15) is 85.5 Å². The van der Waals surface area contributed by atoms with Crippen molar-refractivity contribution in [3.63, 3.8) is 0 Å². The number of fused-ring (bicyclic) bond motifs is 5. The molecular formula is C27H40O7. The van der Waals surface area contributed by atoms with Gasteiger partial charge < -0.3 is 19.3 Å². The van der Waals surface area contributed by atoms with Crippen molar-refractivity contribution in [3.8, 4) is 0 Å². The Morgan fingerprint density at radius 1 is 1.12 bits per heavy atom. The molecule has 0 saturated heterocycles. The van der Waals surface area contributed by atoms with Gasteiger partial charge in [0.05, 0.1) is 19.3 Å². The van der Waals surface area contributed by atoms with E-state index in [1.807, 2.05) is 19.9 Å². The van der Waals surface area contributed by atoms with Gasteiger partial charge in [0.25, 0.3) is 0 Å². The lowest BCUT2D eigenvalue weighted by Crippen LogP contribution is -2.63. The second-order valence-corrected chi connectivity index (χ2v) is 11.2. The quantitative estimate of drug-likeness (QED) is 0.436. The number of hydrogen-bond acceptors (Lipinski definition) is 7. The number of carbonyl (C=O) groups is 3. The Bertz CT molecular complexity index is 865. The topological polar surface area (TPSA) is 99.1 Å². The monoisotopic (exact) mass is 476 g/mol. The SMILES string of the molecule is CCCCOC(=O)[C@@]1(OC(=O)OCC)CC[C@H]2[C@@H]3CCC4=CC(=O)CC[C@]4(C)[C@H]3[C@@H](O)C[C@@]21C. The molecule has 0 aromatic heterocycles. The van der Waals surface area contributed by atoms with Crippen LogP contribution < -0.4 is 0 Å². The van der Waals surface area contributed by atoms with Crippen LogP contribution in [0.25, 0.3) is 0 Å². The number of unbranched alkanes of at least 4 members (excludes halogenated alkanes) is 1. The highest BCUT2D eigenvalue weighted by molar-refractivity contribution is 5.91. The summed E-state index contributed by atoms with van der Waals surface area (Å²) in [7, 11) is 0. The Morgan fingerprint density at radius 3 is 2.59 bits per heavy atom. The summed E-state index contributed by atoms with van der Waals surface area (Å²) in [4.78, 5) is 38.2. The van der Waals surface area contributed by atoms with Crippen LogP contribution in [0.5, 0.6) is 0 Å². The molecule has 4 rings (SSSR count). The number of aliphatic hydroxyl groups excluding tert-OH is 1. The van der Waals surface area contributed by atoms with Gasteiger partial charge in [-0.3, -0.25) is 4.79 Å². The minimum absolute atomic E-state index is 0.0215. The molecule has 0 amide bonds. The molecule has 0 radical (unpaired) electrons. The summed E-state index contributed by atoms with van der Waals surface area (Å²) in [6, 6.07) is 0. The van der Waals surface area contributed by atoms with Gasteiger partial charge in [0.15, 0.2) is 5.78 Å². The van der Waals surface area contributed by atoms with Gasteiger partial charge in [-0.1, -0.05) is 32.8 Å². The molecule has 7 nitrogen and oxygen atoms in total. The number of hydrogen-bond donors (Lipinski definition) is 1. The van der Waals surface area contributed by atoms with Gasteiger partial charge in [-0.05, 0) is 81.1 Å². The molecular weight excluding hydrogens is 436 g/mol. The van der Waals surface area contributed by atoms with E-state index >= 15 is 0 Å². The number of aliphatic hydroxyl groups is 1. The van der Waals surface area contributed by atoms with Crippen LogP contribution in [0, 0.1) is 28.6 Å². The molecule has 4 aliphatic carbocycles. The third-order valence-corrected chi connectivity index (χ3v) is 9.60. The fraction of sp³-hybridized carbons (Fsp3) is 0.815. The van der Waals surface area contributed by atoms with Crippen molar-refractivity contribution in [1.29, 1.82) is 0 Å². The summed E-state index contributed by atoms with van der Waals surface area (Å²) in [6.45, 7) is 8.34. The van der Waals surface area contributed by atoms with Crippen molar-refractivity contribution >= 4 is 17.9 Å². The van der Waals surface area contributed by atoms with Gasteiger partial charge >= 0.3 is 12.1 Å². The van der Waals surface area contributed by atoms with E-state index in [0.29, 0.717) is 19.3 Å². The molecule has 0 spiro atoms. The lowest BCUT2D eigenvalue weighted by molar-refractivity contribution is -0.203. The van der Waals surface area contributed by atoms with E-state index in [0.717, 1.165) is 38.5 Å². The maximum absolute atomic E-state index is 13.6. The summed E-state index contributed by atoms with van der Waals surface area (Å²) < 4.78 is 16.6. The van der Waals surface area contributed by atoms with Crippen molar-refractivity contribution in [3.05, 3.63) is 11.6 Å². The molecule has 0 aliphatic heterocycles. The molecule has 4 aliphatic rings. The van der Waals surface area contributed by atoms with Crippen molar-refractivity contribution in [2.24, 2.45) is 28.6 Å². The van der Waals surface area contributed by atoms with Gasteiger partial charge in [-0.2, -0.15) is 0 Å². The van der Waals surface area contributed by atoms with E-state index in [4.69, 9.17) is 14.2 Å². The smallest absolute Gasteiger partial charge is 0.463 e. The Labute approximate surface area is 202 Å². The van der Waals surface area contributed by atoms with Crippen molar-refractivity contribution in [2.45, 2.75) is 97.2 Å². The summed E-state index contributed by atoms with van der Waals surface area (Å²) in [5.74, 6) is -0.0346. The lowest BCUT2D eigenvalue weighted by atomic mass is 9.45. The van der Waals surface area contributed by atoms with E-state index in [2.05, 4.69) is 6.92 Å². The van der Waals surface area contributed by atoms with Gasteiger partial charge in [0.1, 0.15) is 0 Å². The van der Waals surface area contributed by atoms with E-state index in [9.17, 15) is 19.5 Å². The predicted octanol–water partition coefficient (Wildman–Crippen LogP) is 4.74. The van der Waals surface area contributed by atoms with Crippen LogP contribution in [0.4, 0.5) is 4.79 Å². The summed E-state index contributed by atoms with van der Waals surface area (Å²) in [5.41, 5.74) is -1.28. The molecule has 7 atom stereocenters. The van der Waals surface area contributed by atoms with Gasteiger partial charge in [-0.15, -0.1) is 0 Å². The first-order chi connectivity index (χ1) is 16.1. The largest absolute Gasteiger partial charge is 0.509 e. The Kier molecular flexibility index (Phi) is 6.89.